The van der Waals surface area contributed by atoms with Gasteiger partial charge in [0.05, 0.1) is 0 Å². The first kappa shape index (κ1) is 18.7. The molecule has 2 atom stereocenters. The lowest BCUT2D eigenvalue weighted by molar-refractivity contribution is 0.129. The molecule has 2 unspecified atom stereocenters. The van der Waals surface area contributed by atoms with Crippen molar-refractivity contribution in [1.82, 2.24) is 5.32 Å². The summed E-state index contributed by atoms with van der Waals surface area (Å²) in [4.78, 5) is 11.2. The van der Waals surface area contributed by atoms with Gasteiger partial charge in [0.15, 0.2) is 0 Å². The van der Waals surface area contributed by atoms with Crippen molar-refractivity contribution in [2.75, 3.05) is 8.86 Å². The van der Waals surface area contributed by atoms with Crippen molar-refractivity contribution in [3.05, 3.63) is 0 Å². The number of unbranched alkanes of at least 4 members (excludes halogenated alkanes) is 2. The number of hydrogen-bond acceptors (Lipinski definition) is 1. The van der Waals surface area contributed by atoms with Gasteiger partial charge in [-0.25, -0.2) is 4.79 Å². The van der Waals surface area contributed by atoms with Crippen LogP contribution in [0.5, 0.6) is 0 Å². The highest BCUT2D eigenvalue weighted by Crippen LogP contribution is 2.34. The van der Waals surface area contributed by atoms with Crippen molar-refractivity contribution in [2.45, 2.75) is 52.0 Å². The van der Waals surface area contributed by atoms with Crippen LogP contribution in [0.25, 0.3) is 0 Å². The molecule has 0 aromatic carbocycles. The quantitative estimate of drug-likeness (QED) is 0.285. The van der Waals surface area contributed by atoms with Gasteiger partial charge in [-0.05, 0) is 18.3 Å². The summed E-state index contributed by atoms with van der Waals surface area (Å²) in [7, 11) is 0. The van der Waals surface area contributed by atoms with Crippen LogP contribution in [0.3, 0.4) is 0 Å². The van der Waals surface area contributed by atoms with Gasteiger partial charge in [0.1, 0.15) is 0 Å². The Bertz CT molecular complexity index is 239. The predicted molar refractivity (Wildman–Crippen MR) is 94.1 cm³/mol. The van der Waals surface area contributed by atoms with E-state index < -0.39 is 6.09 Å². The topological polar surface area (TPSA) is 49.3 Å². The van der Waals surface area contributed by atoms with E-state index >= 15 is 0 Å². The molecule has 0 radical (unpaired) electrons. The average Bonchev–Trinajstić information content (AvgIpc) is 2.35. The second kappa shape index (κ2) is 9.61. The number of carbonyl (C=O) groups is 1. The number of carboxylic acid groups (broad SMARTS) is 1. The first-order chi connectivity index (χ1) is 8.44. The Morgan fingerprint density at radius 1 is 1.22 bits per heavy atom. The number of alkyl halides is 2. The van der Waals surface area contributed by atoms with E-state index in [9.17, 15) is 9.90 Å². The van der Waals surface area contributed by atoms with Crippen LogP contribution in [0.1, 0.15) is 46.5 Å². The maximum Gasteiger partial charge on any atom is 0.405 e. The minimum absolute atomic E-state index is 0.274. The molecule has 2 N–H and O–H groups in total. The van der Waals surface area contributed by atoms with Gasteiger partial charge in [-0.3, -0.25) is 0 Å². The summed E-state index contributed by atoms with van der Waals surface area (Å²) in [6.45, 7) is 6.50. The molecule has 0 spiro atoms. The normalized spacial score (nSPS) is 17.8. The van der Waals surface area contributed by atoms with Crippen LogP contribution in [0.4, 0.5) is 4.79 Å². The molecule has 0 saturated heterocycles. The second-order valence-electron chi connectivity index (χ2n) is 5.04. The van der Waals surface area contributed by atoms with Crippen LogP contribution < -0.4 is 5.32 Å². The van der Waals surface area contributed by atoms with Crippen LogP contribution in [-0.2, 0) is 0 Å². The standard InChI is InChI=1S/C13H25I2NO2/c1-4-5-6-7-13(10(2)8-14,11(3)9-15)16-12(17)18/h10-11,16H,4-9H2,1-3H3,(H,17,18). The smallest absolute Gasteiger partial charge is 0.405 e. The van der Waals surface area contributed by atoms with E-state index in [1.807, 2.05) is 0 Å². The number of amides is 1. The van der Waals surface area contributed by atoms with E-state index in [4.69, 9.17) is 0 Å². The van der Waals surface area contributed by atoms with Gasteiger partial charge >= 0.3 is 6.09 Å². The molecule has 5 heteroatoms. The summed E-state index contributed by atoms with van der Waals surface area (Å²) in [6.07, 6.45) is 3.49. The molecule has 108 valence electrons. The van der Waals surface area contributed by atoms with Gasteiger partial charge in [-0.2, -0.15) is 0 Å². The van der Waals surface area contributed by atoms with Crippen molar-refractivity contribution in [3.8, 4) is 0 Å². The molecular weight excluding hydrogens is 456 g/mol. The Morgan fingerprint density at radius 2 is 1.72 bits per heavy atom. The molecule has 0 heterocycles. The summed E-state index contributed by atoms with van der Waals surface area (Å²) in [5.74, 6) is 0.714. The number of rotatable bonds is 9. The fraction of sp³-hybridized carbons (Fsp3) is 0.923. The maximum atomic E-state index is 11.2. The minimum Gasteiger partial charge on any atom is -0.465 e. The highest BCUT2D eigenvalue weighted by molar-refractivity contribution is 14.1. The molecule has 0 bridgehead atoms. The fourth-order valence-corrected chi connectivity index (χ4v) is 4.00. The van der Waals surface area contributed by atoms with E-state index in [0.29, 0.717) is 11.8 Å². The summed E-state index contributed by atoms with van der Waals surface area (Å²) in [5.41, 5.74) is -0.274. The van der Waals surface area contributed by atoms with Crippen LogP contribution in [0, 0.1) is 11.8 Å². The predicted octanol–water partition coefficient (Wildman–Crippen LogP) is 4.72. The first-order valence-corrected chi connectivity index (χ1v) is 9.62. The van der Waals surface area contributed by atoms with E-state index in [2.05, 4.69) is 71.3 Å². The number of hydrogen-bond donors (Lipinski definition) is 2. The highest BCUT2D eigenvalue weighted by atomic mass is 127. The summed E-state index contributed by atoms with van der Waals surface area (Å²) in [5, 5.41) is 12.0. The van der Waals surface area contributed by atoms with Crippen LogP contribution in [-0.4, -0.2) is 25.6 Å². The lowest BCUT2D eigenvalue weighted by atomic mass is 9.73. The molecule has 0 aliphatic carbocycles. The van der Waals surface area contributed by atoms with Crippen molar-refractivity contribution in [2.24, 2.45) is 11.8 Å². The average molecular weight is 481 g/mol. The molecular formula is C13H25I2NO2. The zero-order valence-electron chi connectivity index (χ0n) is 11.5. The molecule has 0 saturated carbocycles. The van der Waals surface area contributed by atoms with Gasteiger partial charge in [0.25, 0.3) is 0 Å². The van der Waals surface area contributed by atoms with Crippen LogP contribution in [0.2, 0.25) is 0 Å². The molecule has 18 heavy (non-hydrogen) atoms. The lowest BCUT2D eigenvalue weighted by Crippen LogP contribution is -2.58. The van der Waals surface area contributed by atoms with E-state index in [1.54, 1.807) is 0 Å². The second-order valence-corrected chi connectivity index (χ2v) is 6.80. The van der Waals surface area contributed by atoms with Crippen molar-refractivity contribution >= 4 is 51.3 Å². The third kappa shape index (κ3) is 5.38. The summed E-state index contributed by atoms with van der Waals surface area (Å²) < 4.78 is 1.95. The monoisotopic (exact) mass is 481 g/mol. The van der Waals surface area contributed by atoms with Gasteiger partial charge in [0, 0.05) is 14.4 Å². The van der Waals surface area contributed by atoms with Crippen molar-refractivity contribution < 1.29 is 9.90 Å². The fourth-order valence-electron chi connectivity index (χ4n) is 2.43. The van der Waals surface area contributed by atoms with Gasteiger partial charge in [-0.15, -0.1) is 0 Å². The van der Waals surface area contributed by atoms with Gasteiger partial charge in [0.2, 0.25) is 0 Å². The molecule has 0 aliphatic rings. The molecule has 0 aliphatic heterocycles. The molecule has 0 aromatic heterocycles. The Balaban J connectivity index is 5.05. The van der Waals surface area contributed by atoms with E-state index in [1.165, 1.54) is 12.8 Å². The summed E-state index contributed by atoms with van der Waals surface area (Å²) >= 11 is 4.72. The zero-order valence-corrected chi connectivity index (χ0v) is 15.8. The Morgan fingerprint density at radius 3 is 2.06 bits per heavy atom. The third-order valence-corrected chi connectivity index (χ3v) is 6.40. The maximum absolute atomic E-state index is 11.2. The Hall–Kier alpha value is 0.730. The van der Waals surface area contributed by atoms with Crippen LogP contribution >= 0.6 is 45.2 Å². The molecule has 0 rings (SSSR count). The van der Waals surface area contributed by atoms with Gasteiger partial charge < -0.3 is 10.4 Å². The minimum atomic E-state index is -0.889. The van der Waals surface area contributed by atoms with E-state index in [0.717, 1.165) is 21.7 Å². The Labute approximate surface area is 138 Å². The summed E-state index contributed by atoms with van der Waals surface area (Å²) in [6, 6.07) is 0. The highest BCUT2D eigenvalue weighted by Gasteiger charge is 2.41. The zero-order chi connectivity index (χ0) is 14.2. The third-order valence-electron chi connectivity index (χ3n) is 3.76. The van der Waals surface area contributed by atoms with Gasteiger partial charge in [-0.1, -0.05) is 85.2 Å². The molecule has 0 aromatic rings. The number of halogens is 2. The largest absolute Gasteiger partial charge is 0.465 e. The lowest BCUT2D eigenvalue weighted by Gasteiger charge is -2.43. The van der Waals surface area contributed by atoms with Crippen LogP contribution in [0.15, 0.2) is 0 Å². The molecule has 0 fully saturated rings. The first-order valence-electron chi connectivity index (χ1n) is 6.57. The van der Waals surface area contributed by atoms with Crippen molar-refractivity contribution in [1.29, 1.82) is 0 Å². The van der Waals surface area contributed by atoms with E-state index in [-0.39, 0.29) is 5.54 Å². The molecule has 3 nitrogen and oxygen atoms in total. The SMILES string of the molecule is CCCCCC(NC(=O)O)(C(C)CI)C(C)CI. The number of nitrogens with one attached hydrogen (secondary N) is 1. The molecule has 1 amide bonds. The van der Waals surface area contributed by atoms with Crippen molar-refractivity contribution in [3.63, 3.8) is 0 Å². The Kier molecular flexibility index (Phi) is 9.99.